The Balaban J connectivity index is 3.05. The predicted octanol–water partition coefficient (Wildman–Crippen LogP) is 3.28. The molecule has 0 fully saturated rings. The molecule has 0 saturated heterocycles. The third-order valence-corrected chi connectivity index (χ3v) is 2.10. The third kappa shape index (κ3) is 3.69. The molecule has 0 unspecified atom stereocenters. The van der Waals surface area contributed by atoms with Gasteiger partial charge in [0.2, 0.25) is 0 Å². The van der Waals surface area contributed by atoms with Gasteiger partial charge in [0.1, 0.15) is 11.5 Å². The highest BCUT2D eigenvalue weighted by Gasteiger charge is 2.14. The number of alkyl halides is 2. The van der Waals surface area contributed by atoms with Crippen molar-refractivity contribution < 1.29 is 23.0 Å². The van der Waals surface area contributed by atoms with Crippen LogP contribution in [0, 0.1) is 0 Å². The van der Waals surface area contributed by atoms with E-state index in [1.807, 2.05) is 0 Å². The van der Waals surface area contributed by atoms with Crippen LogP contribution in [-0.4, -0.2) is 19.0 Å². The second kappa shape index (κ2) is 6.18. The zero-order chi connectivity index (χ0) is 12.8. The second-order valence-electron chi connectivity index (χ2n) is 3.25. The van der Waals surface area contributed by atoms with E-state index in [4.69, 9.17) is 4.74 Å². The van der Waals surface area contributed by atoms with E-state index in [9.17, 15) is 13.6 Å². The second-order valence-corrected chi connectivity index (χ2v) is 3.25. The minimum atomic E-state index is -2.91. The summed E-state index contributed by atoms with van der Waals surface area (Å²) in [5.41, 5.74) is 0.271. The van der Waals surface area contributed by atoms with E-state index in [0.717, 1.165) is 0 Å². The van der Waals surface area contributed by atoms with Gasteiger partial charge in [-0.1, -0.05) is 6.92 Å². The molecule has 0 aliphatic carbocycles. The smallest absolute Gasteiger partial charge is 0.387 e. The summed E-state index contributed by atoms with van der Waals surface area (Å²) in [6, 6.07) is 4.09. The minimum Gasteiger partial charge on any atom is -0.493 e. The van der Waals surface area contributed by atoms with Gasteiger partial charge in [-0.25, -0.2) is 0 Å². The lowest BCUT2D eigenvalue weighted by Gasteiger charge is -2.11. The van der Waals surface area contributed by atoms with Crippen molar-refractivity contribution in [2.75, 3.05) is 6.61 Å². The molecule has 0 amide bonds. The Labute approximate surface area is 98.3 Å². The van der Waals surface area contributed by atoms with Crippen molar-refractivity contribution in [3.8, 4) is 11.5 Å². The van der Waals surface area contributed by atoms with Crippen molar-refractivity contribution >= 4 is 5.78 Å². The van der Waals surface area contributed by atoms with E-state index in [1.54, 1.807) is 13.8 Å². The maximum atomic E-state index is 12.0. The van der Waals surface area contributed by atoms with E-state index >= 15 is 0 Å². The molecule has 0 radical (unpaired) electrons. The van der Waals surface area contributed by atoms with Gasteiger partial charge in [0, 0.05) is 6.42 Å². The number of hydrogen-bond donors (Lipinski definition) is 0. The molecular weight excluding hydrogens is 230 g/mol. The van der Waals surface area contributed by atoms with Gasteiger partial charge in [-0.2, -0.15) is 8.78 Å². The molecule has 0 aromatic heterocycles. The highest BCUT2D eigenvalue weighted by Crippen LogP contribution is 2.26. The average Bonchev–Trinajstić information content (AvgIpc) is 2.29. The number of hydrogen-bond acceptors (Lipinski definition) is 3. The zero-order valence-electron chi connectivity index (χ0n) is 9.70. The van der Waals surface area contributed by atoms with Crippen LogP contribution in [-0.2, 0) is 0 Å². The lowest BCUT2D eigenvalue weighted by molar-refractivity contribution is -0.0499. The molecule has 1 rings (SSSR count). The van der Waals surface area contributed by atoms with Crippen molar-refractivity contribution in [1.29, 1.82) is 0 Å². The van der Waals surface area contributed by atoms with Crippen LogP contribution in [0.15, 0.2) is 18.2 Å². The van der Waals surface area contributed by atoms with E-state index < -0.39 is 6.61 Å². The van der Waals surface area contributed by atoms with Crippen LogP contribution < -0.4 is 9.47 Å². The molecule has 17 heavy (non-hydrogen) atoms. The summed E-state index contributed by atoms with van der Waals surface area (Å²) in [7, 11) is 0. The monoisotopic (exact) mass is 244 g/mol. The van der Waals surface area contributed by atoms with Crippen molar-refractivity contribution in [2.24, 2.45) is 0 Å². The van der Waals surface area contributed by atoms with Crippen molar-refractivity contribution in [3.63, 3.8) is 0 Å². The molecule has 0 heterocycles. The predicted molar refractivity (Wildman–Crippen MR) is 58.9 cm³/mol. The Kier molecular flexibility index (Phi) is 4.87. The number of halogens is 2. The van der Waals surface area contributed by atoms with Crippen LogP contribution in [0.5, 0.6) is 11.5 Å². The number of carbonyl (C=O) groups is 1. The Morgan fingerprint density at radius 3 is 2.59 bits per heavy atom. The average molecular weight is 244 g/mol. The topological polar surface area (TPSA) is 35.5 Å². The molecule has 94 valence electrons. The summed E-state index contributed by atoms with van der Waals surface area (Å²) >= 11 is 0. The number of ketones is 1. The van der Waals surface area contributed by atoms with Gasteiger partial charge in [-0.3, -0.25) is 4.79 Å². The van der Waals surface area contributed by atoms with E-state index in [2.05, 4.69) is 4.74 Å². The van der Waals surface area contributed by atoms with Crippen molar-refractivity contribution in [3.05, 3.63) is 23.8 Å². The first-order chi connectivity index (χ1) is 8.08. The van der Waals surface area contributed by atoms with E-state index in [1.165, 1.54) is 18.2 Å². The molecule has 3 nitrogen and oxygen atoms in total. The zero-order valence-corrected chi connectivity index (χ0v) is 9.70. The molecule has 0 spiro atoms. The Morgan fingerprint density at radius 2 is 2.06 bits per heavy atom. The number of carbonyl (C=O) groups excluding carboxylic acids is 1. The van der Waals surface area contributed by atoms with E-state index in [0.29, 0.717) is 12.4 Å². The maximum Gasteiger partial charge on any atom is 0.387 e. The fourth-order valence-electron chi connectivity index (χ4n) is 1.37. The first-order valence-electron chi connectivity index (χ1n) is 5.33. The summed E-state index contributed by atoms with van der Waals surface area (Å²) < 4.78 is 33.6. The summed E-state index contributed by atoms with van der Waals surface area (Å²) in [6.07, 6.45) is 0.276. The minimum absolute atomic E-state index is 0.0414. The Morgan fingerprint density at radius 1 is 1.35 bits per heavy atom. The molecule has 0 saturated carbocycles. The third-order valence-electron chi connectivity index (χ3n) is 2.10. The number of rotatable bonds is 6. The molecule has 1 aromatic rings. The maximum absolute atomic E-state index is 12.0. The standard InChI is InChI=1S/C12H14F2O3/c1-3-10(15)9-7-8(17-12(13)14)5-6-11(9)16-4-2/h5-7,12H,3-4H2,1-2H3. The highest BCUT2D eigenvalue weighted by atomic mass is 19.3. The van der Waals surface area contributed by atoms with Crippen LogP contribution in [0.25, 0.3) is 0 Å². The van der Waals surface area contributed by atoms with Crippen LogP contribution in [0.2, 0.25) is 0 Å². The van der Waals surface area contributed by atoms with Crippen LogP contribution in [0.3, 0.4) is 0 Å². The fourth-order valence-corrected chi connectivity index (χ4v) is 1.37. The van der Waals surface area contributed by atoms with Gasteiger partial charge in [0.05, 0.1) is 12.2 Å². The fraction of sp³-hybridized carbons (Fsp3) is 0.417. The van der Waals surface area contributed by atoms with Crippen molar-refractivity contribution in [1.82, 2.24) is 0 Å². The normalized spacial score (nSPS) is 10.4. The quantitative estimate of drug-likeness (QED) is 0.720. The Hall–Kier alpha value is -1.65. The van der Waals surface area contributed by atoms with Gasteiger partial charge in [-0.05, 0) is 25.1 Å². The molecule has 0 aliphatic heterocycles. The van der Waals surface area contributed by atoms with Gasteiger partial charge in [-0.15, -0.1) is 0 Å². The van der Waals surface area contributed by atoms with Crippen molar-refractivity contribution in [2.45, 2.75) is 26.9 Å². The van der Waals surface area contributed by atoms with Crippen LogP contribution in [0.1, 0.15) is 30.6 Å². The van der Waals surface area contributed by atoms with Gasteiger partial charge < -0.3 is 9.47 Å². The highest BCUT2D eigenvalue weighted by molar-refractivity contribution is 5.98. The van der Waals surface area contributed by atoms with E-state index in [-0.39, 0.29) is 23.5 Å². The van der Waals surface area contributed by atoms with Gasteiger partial charge >= 0.3 is 6.61 Å². The summed E-state index contributed by atoms with van der Waals surface area (Å²) in [5.74, 6) is 0.175. The van der Waals surface area contributed by atoms with Crippen LogP contribution in [0.4, 0.5) is 8.78 Å². The van der Waals surface area contributed by atoms with Gasteiger partial charge in [0.15, 0.2) is 5.78 Å². The SMILES string of the molecule is CCOc1ccc(OC(F)F)cc1C(=O)CC. The molecule has 0 bridgehead atoms. The molecule has 1 aromatic carbocycles. The summed E-state index contributed by atoms with van der Waals surface area (Å²) in [4.78, 5) is 11.6. The first-order valence-corrected chi connectivity index (χ1v) is 5.33. The largest absolute Gasteiger partial charge is 0.493 e. The lowest BCUT2D eigenvalue weighted by atomic mass is 10.1. The number of ether oxygens (including phenoxy) is 2. The summed E-state index contributed by atoms with van der Waals surface area (Å²) in [5, 5.41) is 0. The molecule has 0 aliphatic rings. The molecule has 0 N–H and O–H groups in total. The number of Topliss-reactive ketones (excluding diaryl/α,β-unsaturated/α-hetero) is 1. The molecule has 0 atom stereocenters. The lowest BCUT2D eigenvalue weighted by Crippen LogP contribution is -2.06. The van der Waals surface area contributed by atoms with Gasteiger partial charge in [0.25, 0.3) is 0 Å². The Bertz CT molecular complexity index is 391. The van der Waals surface area contributed by atoms with Crippen LogP contribution >= 0.6 is 0 Å². The summed E-state index contributed by atoms with van der Waals surface area (Å²) in [6.45, 7) is 0.971. The first kappa shape index (κ1) is 13.4. The molecule has 5 heteroatoms. The molecular formula is C12H14F2O3. The number of benzene rings is 1.